The van der Waals surface area contributed by atoms with E-state index in [1.165, 1.54) is 10.4 Å². The minimum absolute atomic E-state index is 0.0318. The third kappa shape index (κ3) is 3.88. The second kappa shape index (κ2) is 8.26. The first-order chi connectivity index (χ1) is 14.7. The van der Waals surface area contributed by atoms with Crippen molar-refractivity contribution < 1.29 is 14.3 Å². The van der Waals surface area contributed by atoms with E-state index in [-0.39, 0.29) is 5.91 Å². The Balaban J connectivity index is 1.11. The van der Waals surface area contributed by atoms with Crippen LogP contribution in [0.4, 0.5) is 5.00 Å². The maximum Gasteiger partial charge on any atom is 0.239 e. The molecule has 0 saturated carbocycles. The van der Waals surface area contributed by atoms with Crippen molar-refractivity contribution in [2.45, 2.75) is 25.8 Å². The molecule has 8 heteroatoms. The lowest BCUT2D eigenvalue weighted by Gasteiger charge is -2.34. The summed E-state index contributed by atoms with van der Waals surface area (Å²) in [5.41, 5.74) is 3.03. The molecule has 3 aliphatic rings. The highest BCUT2D eigenvalue weighted by Crippen LogP contribution is 2.38. The van der Waals surface area contributed by atoms with Gasteiger partial charge in [-0.2, -0.15) is 5.26 Å². The third-order valence-electron chi connectivity index (χ3n) is 5.96. The lowest BCUT2D eigenvalue weighted by molar-refractivity contribution is -0.117. The van der Waals surface area contributed by atoms with Gasteiger partial charge in [-0.25, -0.2) is 0 Å². The first kappa shape index (κ1) is 19.4. The van der Waals surface area contributed by atoms with E-state index in [1.54, 1.807) is 11.3 Å². The fourth-order valence-corrected chi connectivity index (χ4v) is 5.64. The largest absolute Gasteiger partial charge is 0.454 e. The van der Waals surface area contributed by atoms with Gasteiger partial charge in [0, 0.05) is 37.6 Å². The molecule has 0 radical (unpaired) electrons. The Hall–Kier alpha value is -2.60. The summed E-state index contributed by atoms with van der Waals surface area (Å²) < 4.78 is 10.8. The lowest BCUT2D eigenvalue weighted by Crippen LogP contribution is -2.48. The Bertz CT molecular complexity index is 1000. The van der Waals surface area contributed by atoms with Crippen molar-refractivity contribution in [1.82, 2.24) is 9.80 Å². The van der Waals surface area contributed by atoms with Crippen LogP contribution in [0.25, 0.3) is 0 Å². The number of fused-ring (bicyclic) bond motifs is 2. The highest BCUT2D eigenvalue weighted by molar-refractivity contribution is 7.16. The average Bonchev–Trinajstić information content (AvgIpc) is 3.45. The van der Waals surface area contributed by atoms with E-state index < -0.39 is 0 Å². The standard InChI is InChI=1S/C22H24N4O3S/c23-11-17-16-2-1-3-20(16)30-22(17)24-21(27)13-26-8-6-25(7-9-26)12-15-4-5-18-19(10-15)29-14-28-18/h4-5,10H,1-3,6-9,12-14H2,(H,24,27). The molecule has 2 aliphatic heterocycles. The van der Waals surface area contributed by atoms with E-state index in [9.17, 15) is 10.1 Å². The van der Waals surface area contributed by atoms with Crippen LogP contribution in [0.1, 0.15) is 28.0 Å². The first-order valence-corrected chi connectivity index (χ1v) is 11.2. The van der Waals surface area contributed by atoms with Crippen LogP contribution in [0.2, 0.25) is 0 Å². The predicted molar refractivity (Wildman–Crippen MR) is 114 cm³/mol. The number of rotatable bonds is 5. The van der Waals surface area contributed by atoms with Crippen molar-refractivity contribution in [3.8, 4) is 17.6 Å². The molecular weight excluding hydrogens is 400 g/mol. The number of nitriles is 1. The van der Waals surface area contributed by atoms with Gasteiger partial charge in [-0.05, 0) is 42.5 Å². The Kier molecular flexibility index (Phi) is 5.34. The van der Waals surface area contributed by atoms with Gasteiger partial charge in [0.05, 0.1) is 12.1 Å². The second-order valence-electron chi connectivity index (χ2n) is 7.96. The van der Waals surface area contributed by atoms with Crippen molar-refractivity contribution in [1.29, 1.82) is 5.26 Å². The number of hydrogen-bond donors (Lipinski definition) is 1. The smallest absolute Gasteiger partial charge is 0.239 e. The summed E-state index contributed by atoms with van der Waals surface area (Å²) in [6.07, 6.45) is 3.09. The molecule has 1 aromatic carbocycles. The molecule has 1 fully saturated rings. The zero-order chi connectivity index (χ0) is 20.5. The molecule has 0 spiro atoms. The van der Waals surface area contributed by atoms with Crippen molar-refractivity contribution >= 4 is 22.2 Å². The second-order valence-corrected chi connectivity index (χ2v) is 9.07. The van der Waals surface area contributed by atoms with E-state index in [2.05, 4.69) is 27.3 Å². The van der Waals surface area contributed by atoms with Crippen LogP contribution < -0.4 is 14.8 Å². The van der Waals surface area contributed by atoms with Crippen LogP contribution in [-0.2, 0) is 24.2 Å². The number of amides is 1. The van der Waals surface area contributed by atoms with Gasteiger partial charge in [0.15, 0.2) is 11.5 Å². The number of ether oxygens (including phenoxy) is 2. The number of hydrogen-bond acceptors (Lipinski definition) is 7. The molecule has 1 aromatic heterocycles. The SMILES string of the molecule is N#Cc1c(NC(=O)CN2CCN(Cc3ccc4c(c3)OCO4)CC2)sc2c1CCC2. The maximum absolute atomic E-state index is 12.6. The maximum atomic E-state index is 12.6. The molecule has 3 heterocycles. The Labute approximate surface area is 179 Å². The van der Waals surface area contributed by atoms with Crippen LogP contribution in [0, 0.1) is 11.3 Å². The molecule has 156 valence electrons. The third-order valence-corrected chi connectivity index (χ3v) is 7.17. The summed E-state index contributed by atoms with van der Waals surface area (Å²) in [6, 6.07) is 8.39. The Morgan fingerprint density at radius 1 is 1.13 bits per heavy atom. The van der Waals surface area contributed by atoms with E-state index in [0.29, 0.717) is 18.9 Å². The summed E-state index contributed by atoms with van der Waals surface area (Å²) in [4.78, 5) is 18.4. The summed E-state index contributed by atoms with van der Waals surface area (Å²) in [6.45, 7) is 5.06. The van der Waals surface area contributed by atoms with Gasteiger partial charge in [0.2, 0.25) is 12.7 Å². The van der Waals surface area contributed by atoms with E-state index in [0.717, 1.165) is 74.0 Å². The van der Waals surface area contributed by atoms with Gasteiger partial charge in [0.25, 0.3) is 0 Å². The summed E-state index contributed by atoms with van der Waals surface area (Å²) in [5.74, 6) is 1.60. The lowest BCUT2D eigenvalue weighted by atomic mass is 10.1. The van der Waals surface area contributed by atoms with Crippen LogP contribution >= 0.6 is 11.3 Å². The van der Waals surface area contributed by atoms with Gasteiger partial charge < -0.3 is 14.8 Å². The fourth-order valence-electron chi connectivity index (χ4n) is 4.38. The predicted octanol–water partition coefficient (Wildman–Crippen LogP) is 2.59. The zero-order valence-corrected chi connectivity index (χ0v) is 17.6. The monoisotopic (exact) mass is 424 g/mol. The van der Waals surface area contributed by atoms with Gasteiger partial charge in [-0.3, -0.25) is 14.6 Å². The van der Waals surface area contributed by atoms with Crippen LogP contribution in [0.5, 0.6) is 11.5 Å². The number of piperazine rings is 1. The van der Waals surface area contributed by atoms with Crippen molar-refractivity contribution in [2.75, 3.05) is 44.8 Å². The number of nitrogens with one attached hydrogen (secondary N) is 1. The minimum atomic E-state index is -0.0318. The topological polar surface area (TPSA) is 77.8 Å². The summed E-state index contributed by atoms with van der Waals surface area (Å²) in [5, 5.41) is 13.2. The zero-order valence-electron chi connectivity index (χ0n) is 16.8. The Morgan fingerprint density at radius 3 is 2.77 bits per heavy atom. The number of aryl methyl sites for hydroxylation is 1. The fraction of sp³-hybridized carbons (Fsp3) is 0.455. The highest BCUT2D eigenvalue weighted by Gasteiger charge is 2.24. The van der Waals surface area contributed by atoms with E-state index in [1.807, 2.05) is 12.1 Å². The Morgan fingerprint density at radius 2 is 1.93 bits per heavy atom. The normalized spacial score (nSPS) is 18.2. The van der Waals surface area contributed by atoms with Gasteiger partial charge in [-0.1, -0.05) is 6.07 Å². The minimum Gasteiger partial charge on any atom is -0.454 e. The van der Waals surface area contributed by atoms with Crippen LogP contribution in [0.15, 0.2) is 18.2 Å². The highest BCUT2D eigenvalue weighted by atomic mass is 32.1. The molecular formula is C22H24N4O3S. The summed E-state index contributed by atoms with van der Waals surface area (Å²) >= 11 is 1.57. The van der Waals surface area contributed by atoms with Crippen molar-refractivity contribution in [3.05, 3.63) is 39.8 Å². The molecule has 1 N–H and O–H groups in total. The quantitative estimate of drug-likeness (QED) is 0.795. The van der Waals surface area contributed by atoms with E-state index >= 15 is 0 Å². The number of nitrogens with zero attached hydrogens (tertiary/aromatic N) is 3. The van der Waals surface area contributed by atoms with Crippen LogP contribution in [-0.4, -0.2) is 55.2 Å². The molecule has 0 unspecified atom stereocenters. The number of carbonyl (C=O) groups is 1. The molecule has 1 aliphatic carbocycles. The van der Waals surface area contributed by atoms with Crippen molar-refractivity contribution in [3.63, 3.8) is 0 Å². The molecule has 2 aromatic rings. The van der Waals surface area contributed by atoms with Crippen LogP contribution in [0.3, 0.4) is 0 Å². The number of benzene rings is 1. The van der Waals surface area contributed by atoms with E-state index in [4.69, 9.17) is 9.47 Å². The molecule has 0 bridgehead atoms. The average molecular weight is 425 g/mol. The molecule has 30 heavy (non-hydrogen) atoms. The molecule has 5 rings (SSSR count). The first-order valence-electron chi connectivity index (χ1n) is 10.4. The molecule has 1 saturated heterocycles. The molecule has 1 amide bonds. The van der Waals surface area contributed by atoms with Crippen molar-refractivity contribution in [2.24, 2.45) is 0 Å². The van der Waals surface area contributed by atoms with Gasteiger partial charge in [0.1, 0.15) is 11.1 Å². The molecule has 0 atom stereocenters. The number of carbonyl (C=O) groups excluding carboxylic acids is 1. The summed E-state index contributed by atoms with van der Waals surface area (Å²) in [7, 11) is 0. The number of anilines is 1. The molecule has 7 nitrogen and oxygen atoms in total. The number of thiophene rings is 1. The van der Waals surface area contributed by atoms with Gasteiger partial charge >= 0.3 is 0 Å². The van der Waals surface area contributed by atoms with Gasteiger partial charge in [-0.15, -0.1) is 11.3 Å².